The maximum Gasteiger partial charge on any atom is 0.453 e. The van der Waals surface area contributed by atoms with Crippen LogP contribution in [0.25, 0.3) is 22.1 Å². The van der Waals surface area contributed by atoms with E-state index >= 15 is 0 Å². The molecule has 0 amide bonds. The van der Waals surface area contributed by atoms with Crippen molar-refractivity contribution in [2.24, 2.45) is 0 Å². The summed E-state index contributed by atoms with van der Waals surface area (Å²) in [6.45, 7) is 3.08. The van der Waals surface area contributed by atoms with E-state index in [9.17, 15) is 23.1 Å². The third-order valence-corrected chi connectivity index (χ3v) is 7.29. The van der Waals surface area contributed by atoms with E-state index in [-0.39, 0.29) is 28.8 Å². The molecule has 8 heteroatoms. The van der Waals surface area contributed by atoms with Crippen LogP contribution in [0.2, 0.25) is 0 Å². The van der Waals surface area contributed by atoms with Crippen molar-refractivity contribution in [3.63, 3.8) is 0 Å². The lowest BCUT2D eigenvalue weighted by molar-refractivity contribution is -0.944. The van der Waals surface area contributed by atoms with Crippen molar-refractivity contribution < 1.29 is 32.3 Å². The highest BCUT2D eigenvalue weighted by Crippen LogP contribution is 2.39. The van der Waals surface area contributed by atoms with Gasteiger partial charge in [0, 0.05) is 5.56 Å². The average molecular weight is 524 g/mol. The molecule has 1 saturated heterocycles. The summed E-state index contributed by atoms with van der Waals surface area (Å²) in [4.78, 5) is 14.5. The normalized spacial score (nSPS) is 18.0. The van der Waals surface area contributed by atoms with E-state index in [1.54, 1.807) is 12.1 Å². The number of halogens is 3. The Kier molecular flexibility index (Phi) is 7.17. The number of fused-ring (bicyclic) bond motifs is 1. The number of likely N-dealkylation sites (tertiary alicyclic amines) is 1. The Morgan fingerprint density at radius 1 is 1.00 bits per heavy atom. The predicted molar refractivity (Wildman–Crippen MR) is 136 cm³/mol. The van der Waals surface area contributed by atoms with Crippen molar-refractivity contribution in [3.8, 4) is 28.4 Å². The Balaban J connectivity index is 1.56. The van der Waals surface area contributed by atoms with Gasteiger partial charge in [-0.3, -0.25) is 4.79 Å². The van der Waals surface area contributed by atoms with Gasteiger partial charge in [-0.2, -0.15) is 13.2 Å². The second-order valence-corrected chi connectivity index (χ2v) is 9.68. The number of rotatable bonds is 6. The lowest BCUT2D eigenvalue weighted by Crippen LogP contribution is -3.15. The van der Waals surface area contributed by atoms with Crippen LogP contribution in [0.3, 0.4) is 0 Å². The number of benzene rings is 3. The molecule has 4 aromatic rings. The third-order valence-electron chi connectivity index (χ3n) is 7.29. The highest BCUT2D eigenvalue weighted by atomic mass is 19.4. The summed E-state index contributed by atoms with van der Waals surface area (Å²) in [6, 6.07) is 18.6. The third kappa shape index (κ3) is 5.13. The molecular weight excluding hydrogens is 495 g/mol. The standard InChI is InChI=1S/C30H28F3NO4/c1-2-21-10-6-7-17-34(21)18-24-25(35)16-15-23-26(36)28(29(30(31,32)33)38-27(23)24)37-22-13-11-20(12-14-22)19-8-4-3-5-9-19/h3-5,8-9,11-16,21,35H,2,6-7,10,17-18H2,1H3. The van der Waals surface area contributed by atoms with Crippen molar-refractivity contribution in [3.05, 3.63) is 88.3 Å². The first-order valence-corrected chi connectivity index (χ1v) is 12.8. The summed E-state index contributed by atoms with van der Waals surface area (Å²) in [7, 11) is 0. The highest BCUT2D eigenvalue weighted by molar-refractivity contribution is 5.83. The largest absolute Gasteiger partial charge is 0.872 e. The molecule has 1 N–H and O–H groups in total. The second kappa shape index (κ2) is 10.5. The van der Waals surface area contributed by atoms with Gasteiger partial charge >= 0.3 is 6.18 Å². The topological polar surface area (TPSA) is 66.9 Å². The van der Waals surface area contributed by atoms with Crippen LogP contribution in [0.5, 0.6) is 17.2 Å². The first-order chi connectivity index (χ1) is 18.3. The van der Waals surface area contributed by atoms with Crippen molar-refractivity contribution in [1.29, 1.82) is 0 Å². The fourth-order valence-corrected chi connectivity index (χ4v) is 5.29. The molecule has 198 valence electrons. The number of hydrogen-bond acceptors (Lipinski definition) is 4. The molecule has 1 fully saturated rings. The Morgan fingerprint density at radius 3 is 2.39 bits per heavy atom. The number of hydrogen-bond donors (Lipinski definition) is 1. The van der Waals surface area contributed by atoms with Gasteiger partial charge in [-0.05, 0) is 55.0 Å². The molecule has 5 rings (SSSR count). The summed E-state index contributed by atoms with van der Waals surface area (Å²) in [5.41, 5.74) is 0.599. The Hall–Kier alpha value is -3.78. The van der Waals surface area contributed by atoms with E-state index in [0.717, 1.165) is 48.3 Å². The quantitative estimate of drug-likeness (QED) is 0.353. The molecule has 5 nitrogen and oxygen atoms in total. The molecule has 2 heterocycles. The zero-order valence-electron chi connectivity index (χ0n) is 20.9. The highest BCUT2D eigenvalue weighted by Gasteiger charge is 2.41. The van der Waals surface area contributed by atoms with Crippen LogP contribution in [0.15, 0.2) is 75.9 Å². The molecule has 0 saturated carbocycles. The zero-order chi connectivity index (χ0) is 26.9. The molecule has 1 aliphatic heterocycles. The van der Waals surface area contributed by atoms with Gasteiger partial charge in [-0.15, -0.1) is 0 Å². The number of quaternary nitrogens is 1. The maximum atomic E-state index is 14.2. The molecule has 38 heavy (non-hydrogen) atoms. The molecule has 0 bridgehead atoms. The minimum atomic E-state index is -5.01. The monoisotopic (exact) mass is 523 g/mol. The number of piperidine rings is 1. The summed E-state index contributed by atoms with van der Waals surface area (Å²) in [5.74, 6) is -2.87. The van der Waals surface area contributed by atoms with E-state index in [1.165, 1.54) is 24.3 Å². The summed E-state index contributed by atoms with van der Waals surface area (Å²) >= 11 is 0. The minimum absolute atomic E-state index is 0.0612. The fraction of sp³-hybridized carbons (Fsp3) is 0.300. The number of ether oxygens (including phenoxy) is 1. The summed E-state index contributed by atoms with van der Waals surface area (Å²) < 4.78 is 53.3. The smallest absolute Gasteiger partial charge is 0.453 e. The molecule has 2 atom stereocenters. The van der Waals surface area contributed by atoms with Gasteiger partial charge in [0.25, 0.3) is 5.76 Å². The average Bonchev–Trinajstić information content (AvgIpc) is 2.92. The second-order valence-electron chi connectivity index (χ2n) is 9.68. The van der Waals surface area contributed by atoms with Crippen molar-refractivity contribution in [1.82, 2.24) is 0 Å². The van der Waals surface area contributed by atoms with Crippen LogP contribution in [-0.4, -0.2) is 12.6 Å². The molecular formula is C30H28F3NO4. The van der Waals surface area contributed by atoms with Crippen LogP contribution in [-0.2, 0) is 12.7 Å². The molecule has 0 spiro atoms. The molecule has 2 unspecified atom stereocenters. The molecule has 1 aliphatic rings. The maximum absolute atomic E-state index is 14.2. The van der Waals surface area contributed by atoms with Gasteiger partial charge in [-0.1, -0.05) is 61.2 Å². The van der Waals surface area contributed by atoms with Crippen LogP contribution < -0.4 is 20.2 Å². The van der Waals surface area contributed by atoms with Crippen molar-refractivity contribution >= 4 is 11.0 Å². The number of nitrogens with one attached hydrogen (secondary N) is 1. The number of alkyl halides is 3. The van der Waals surface area contributed by atoms with Gasteiger partial charge < -0.3 is 19.2 Å². The Morgan fingerprint density at radius 2 is 1.71 bits per heavy atom. The fourth-order valence-electron chi connectivity index (χ4n) is 5.29. The van der Waals surface area contributed by atoms with Gasteiger partial charge in [0.2, 0.25) is 11.2 Å². The van der Waals surface area contributed by atoms with Crippen LogP contribution in [0.4, 0.5) is 13.2 Å². The predicted octanol–water partition coefficient (Wildman–Crippen LogP) is 5.69. The first kappa shape index (κ1) is 25.9. The van der Waals surface area contributed by atoms with Crippen molar-refractivity contribution in [2.45, 2.75) is 51.4 Å². The van der Waals surface area contributed by atoms with Crippen LogP contribution >= 0.6 is 0 Å². The Bertz CT molecular complexity index is 1480. The molecule has 1 aromatic heterocycles. The lowest BCUT2D eigenvalue weighted by Gasteiger charge is -2.33. The lowest BCUT2D eigenvalue weighted by atomic mass is 9.98. The van der Waals surface area contributed by atoms with Gasteiger partial charge in [0.15, 0.2) is 0 Å². The first-order valence-electron chi connectivity index (χ1n) is 12.8. The summed E-state index contributed by atoms with van der Waals surface area (Å²) in [6.07, 6.45) is -1.06. The van der Waals surface area contributed by atoms with E-state index in [4.69, 9.17) is 9.15 Å². The molecule has 3 aromatic carbocycles. The van der Waals surface area contributed by atoms with E-state index in [0.29, 0.717) is 6.04 Å². The summed E-state index contributed by atoms with van der Waals surface area (Å²) in [5, 5.41) is 12.7. The Labute approximate surface area is 218 Å². The SMILES string of the molecule is CCC1CCCC[NH+]1Cc1c([O-])ccc2c(=O)c(Oc3ccc(-c4ccccc4)cc3)c(C(F)(F)F)oc12. The van der Waals surface area contributed by atoms with E-state index in [2.05, 4.69) is 6.92 Å². The van der Waals surface area contributed by atoms with Gasteiger partial charge in [0.05, 0.1) is 18.0 Å². The molecule has 0 radical (unpaired) electrons. The van der Waals surface area contributed by atoms with Crippen LogP contribution in [0, 0.1) is 0 Å². The molecule has 0 aliphatic carbocycles. The van der Waals surface area contributed by atoms with E-state index < -0.39 is 28.9 Å². The zero-order valence-corrected chi connectivity index (χ0v) is 20.9. The van der Waals surface area contributed by atoms with Crippen molar-refractivity contribution in [2.75, 3.05) is 6.54 Å². The van der Waals surface area contributed by atoms with Gasteiger partial charge in [-0.25, -0.2) is 0 Å². The van der Waals surface area contributed by atoms with E-state index in [1.807, 2.05) is 30.3 Å². The van der Waals surface area contributed by atoms with Crippen LogP contribution in [0.1, 0.15) is 43.9 Å². The minimum Gasteiger partial charge on any atom is -0.872 e. The van der Waals surface area contributed by atoms with Gasteiger partial charge in [0.1, 0.15) is 17.9 Å².